The lowest BCUT2D eigenvalue weighted by atomic mass is 9.92. The summed E-state index contributed by atoms with van der Waals surface area (Å²) < 4.78 is 29.0. The first-order valence-electron chi connectivity index (χ1n) is 9.11. The Morgan fingerprint density at radius 2 is 2.00 bits per heavy atom. The van der Waals surface area contributed by atoms with Crippen molar-refractivity contribution in [3.05, 3.63) is 23.9 Å². The molecule has 1 aromatic heterocycles. The lowest BCUT2D eigenvalue weighted by Gasteiger charge is -2.26. The molecule has 2 aliphatic rings. The van der Waals surface area contributed by atoms with Gasteiger partial charge in [0.25, 0.3) is 0 Å². The van der Waals surface area contributed by atoms with Crippen LogP contribution in [0.2, 0.25) is 0 Å². The van der Waals surface area contributed by atoms with Crippen LogP contribution in [0.15, 0.2) is 17.4 Å². The molecule has 1 aromatic rings. The maximum atomic E-state index is 14.6. The topological polar surface area (TPSA) is 102 Å². The van der Waals surface area contributed by atoms with Gasteiger partial charge in [-0.25, -0.2) is 18.7 Å². The maximum Gasteiger partial charge on any atom is 0.223 e. The van der Waals surface area contributed by atoms with E-state index < -0.39 is 12.0 Å². The number of hydrogen-bond acceptors (Lipinski definition) is 6. The molecule has 0 aromatic carbocycles. The van der Waals surface area contributed by atoms with Gasteiger partial charge in [-0.05, 0) is 44.4 Å². The van der Waals surface area contributed by atoms with Crippen molar-refractivity contribution in [2.45, 2.75) is 56.8 Å². The first-order valence-corrected chi connectivity index (χ1v) is 9.11. The second kappa shape index (κ2) is 8.07. The highest BCUT2D eigenvalue weighted by molar-refractivity contribution is 6.25. The molecule has 1 heterocycles. The van der Waals surface area contributed by atoms with Crippen LogP contribution >= 0.6 is 0 Å². The standard InChI is InChI=1S/C18H26F2N6/c1-23-17(15(20)10-2-3-10)13(8-21)16-14(19)9-24-18(26-16)25-12-6-4-11(22)5-7-12/h8-12,15H,2-7,21-22H2,1H3,(H,24,25,26). The van der Waals surface area contributed by atoms with E-state index in [4.69, 9.17) is 11.5 Å². The molecule has 0 radical (unpaired) electrons. The van der Waals surface area contributed by atoms with Crippen molar-refractivity contribution in [3.63, 3.8) is 0 Å². The number of allylic oxidation sites excluding steroid dienone is 1. The summed E-state index contributed by atoms with van der Waals surface area (Å²) in [4.78, 5) is 12.3. The normalized spacial score (nSPS) is 25.8. The molecule has 8 heteroatoms. The van der Waals surface area contributed by atoms with Crippen molar-refractivity contribution < 1.29 is 8.78 Å². The number of nitrogens with one attached hydrogen (secondary N) is 1. The van der Waals surface area contributed by atoms with Gasteiger partial charge < -0.3 is 16.8 Å². The molecular weight excluding hydrogens is 338 g/mol. The Bertz CT molecular complexity index is 693. The van der Waals surface area contributed by atoms with E-state index in [0.717, 1.165) is 44.7 Å². The third kappa shape index (κ3) is 4.17. The number of aliphatic imine (C=N–C) groups is 1. The molecule has 0 aliphatic heterocycles. The van der Waals surface area contributed by atoms with Gasteiger partial charge in [-0.15, -0.1) is 0 Å². The monoisotopic (exact) mass is 364 g/mol. The highest BCUT2D eigenvalue weighted by Gasteiger charge is 2.37. The van der Waals surface area contributed by atoms with E-state index in [2.05, 4.69) is 20.3 Å². The second-order valence-corrected chi connectivity index (χ2v) is 7.07. The van der Waals surface area contributed by atoms with Crippen LogP contribution in [-0.4, -0.2) is 41.0 Å². The van der Waals surface area contributed by atoms with E-state index in [-0.39, 0.29) is 35.0 Å². The Morgan fingerprint density at radius 3 is 2.58 bits per heavy atom. The molecule has 3 rings (SSSR count). The largest absolute Gasteiger partial charge is 0.404 e. The predicted octanol–water partition coefficient (Wildman–Crippen LogP) is 2.42. The summed E-state index contributed by atoms with van der Waals surface area (Å²) in [6, 6.07) is 0.426. The Kier molecular flexibility index (Phi) is 5.80. The van der Waals surface area contributed by atoms with Gasteiger partial charge >= 0.3 is 0 Å². The van der Waals surface area contributed by atoms with Crippen LogP contribution in [0.25, 0.3) is 5.57 Å². The van der Waals surface area contributed by atoms with Crippen LogP contribution in [0.5, 0.6) is 0 Å². The minimum absolute atomic E-state index is 0.0265. The molecule has 26 heavy (non-hydrogen) atoms. The number of anilines is 1. The highest BCUT2D eigenvalue weighted by Crippen LogP contribution is 2.37. The van der Waals surface area contributed by atoms with Gasteiger partial charge in [-0.2, -0.15) is 0 Å². The van der Waals surface area contributed by atoms with Crippen LogP contribution in [0.4, 0.5) is 14.7 Å². The molecule has 2 aliphatic carbocycles. The van der Waals surface area contributed by atoms with Crippen LogP contribution in [-0.2, 0) is 0 Å². The van der Waals surface area contributed by atoms with Crippen LogP contribution in [0.3, 0.4) is 0 Å². The first kappa shape index (κ1) is 18.7. The van der Waals surface area contributed by atoms with Crippen molar-refractivity contribution in [2.75, 3.05) is 12.4 Å². The minimum atomic E-state index is -1.26. The summed E-state index contributed by atoms with van der Waals surface area (Å²) >= 11 is 0. The Hall–Kier alpha value is -2.09. The van der Waals surface area contributed by atoms with Crippen molar-refractivity contribution in [3.8, 4) is 0 Å². The molecule has 0 saturated heterocycles. The molecule has 2 saturated carbocycles. The van der Waals surface area contributed by atoms with E-state index in [1.807, 2.05) is 0 Å². The summed E-state index contributed by atoms with van der Waals surface area (Å²) in [7, 11) is 1.48. The molecular formula is C18H26F2N6. The summed E-state index contributed by atoms with van der Waals surface area (Å²) in [6.07, 6.45) is 6.28. The quantitative estimate of drug-likeness (QED) is 0.673. The number of halogens is 2. The third-order valence-corrected chi connectivity index (χ3v) is 5.08. The minimum Gasteiger partial charge on any atom is -0.404 e. The van der Waals surface area contributed by atoms with Gasteiger partial charge in [0.15, 0.2) is 5.82 Å². The van der Waals surface area contributed by atoms with Crippen LogP contribution < -0.4 is 16.8 Å². The third-order valence-electron chi connectivity index (χ3n) is 5.08. The second-order valence-electron chi connectivity index (χ2n) is 7.07. The van der Waals surface area contributed by atoms with Gasteiger partial charge in [0.1, 0.15) is 11.9 Å². The molecule has 0 spiro atoms. The molecule has 6 nitrogen and oxygen atoms in total. The van der Waals surface area contributed by atoms with Gasteiger partial charge in [0.2, 0.25) is 5.95 Å². The van der Waals surface area contributed by atoms with Crippen molar-refractivity contribution >= 4 is 17.2 Å². The van der Waals surface area contributed by atoms with Crippen LogP contribution in [0.1, 0.15) is 44.2 Å². The molecule has 5 N–H and O–H groups in total. The average Bonchev–Trinajstić information content (AvgIpc) is 3.48. The summed E-state index contributed by atoms with van der Waals surface area (Å²) in [5.41, 5.74) is 11.9. The fourth-order valence-electron chi connectivity index (χ4n) is 3.36. The number of nitrogens with two attached hydrogens (primary N) is 2. The molecule has 0 amide bonds. The maximum absolute atomic E-state index is 14.6. The number of rotatable bonds is 6. The van der Waals surface area contributed by atoms with E-state index in [9.17, 15) is 8.78 Å². The zero-order chi connectivity index (χ0) is 18.7. The molecule has 1 unspecified atom stereocenters. The molecule has 142 valence electrons. The molecule has 2 fully saturated rings. The molecule has 0 bridgehead atoms. The lowest BCUT2D eigenvalue weighted by molar-refractivity contribution is 0.386. The van der Waals surface area contributed by atoms with E-state index in [1.54, 1.807) is 0 Å². The zero-order valence-electron chi connectivity index (χ0n) is 15.0. The van der Waals surface area contributed by atoms with Crippen molar-refractivity contribution in [1.29, 1.82) is 0 Å². The number of hydrogen-bond donors (Lipinski definition) is 3. The van der Waals surface area contributed by atoms with E-state index >= 15 is 0 Å². The van der Waals surface area contributed by atoms with Gasteiger partial charge in [0.05, 0.1) is 11.9 Å². The van der Waals surface area contributed by atoms with Gasteiger partial charge in [-0.1, -0.05) is 0 Å². The Balaban J connectivity index is 1.81. The Labute approximate surface area is 152 Å². The Morgan fingerprint density at radius 1 is 1.31 bits per heavy atom. The van der Waals surface area contributed by atoms with Gasteiger partial charge in [-0.3, -0.25) is 4.99 Å². The number of alkyl halides is 1. The molecule has 1 atom stereocenters. The number of nitrogens with zero attached hydrogens (tertiary/aromatic N) is 3. The SMILES string of the molecule is CN=C(C(=CN)c1nc(NC2CCC(N)CC2)ncc1F)C(F)C1CC1. The highest BCUT2D eigenvalue weighted by atomic mass is 19.1. The van der Waals surface area contributed by atoms with Crippen LogP contribution in [0, 0.1) is 11.7 Å². The average molecular weight is 364 g/mol. The predicted molar refractivity (Wildman–Crippen MR) is 99.0 cm³/mol. The summed E-state index contributed by atoms with van der Waals surface area (Å²) in [6.45, 7) is 0. The van der Waals surface area contributed by atoms with E-state index in [0.29, 0.717) is 5.95 Å². The van der Waals surface area contributed by atoms with Crippen molar-refractivity contribution in [1.82, 2.24) is 9.97 Å². The fraction of sp³-hybridized carbons (Fsp3) is 0.611. The zero-order valence-corrected chi connectivity index (χ0v) is 15.0. The van der Waals surface area contributed by atoms with E-state index in [1.165, 1.54) is 13.2 Å². The first-order chi connectivity index (χ1) is 12.5. The van der Waals surface area contributed by atoms with Gasteiger partial charge in [0, 0.05) is 30.9 Å². The lowest BCUT2D eigenvalue weighted by Crippen LogP contribution is -2.33. The fourth-order valence-corrected chi connectivity index (χ4v) is 3.36. The smallest absolute Gasteiger partial charge is 0.223 e. The summed E-state index contributed by atoms with van der Waals surface area (Å²) in [5, 5.41) is 3.22. The number of aromatic nitrogens is 2. The van der Waals surface area contributed by atoms with Crippen molar-refractivity contribution in [2.24, 2.45) is 22.4 Å². The summed E-state index contributed by atoms with van der Waals surface area (Å²) in [5.74, 6) is -0.418.